The average molecular weight is 729 g/mol. The first-order valence-corrected chi connectivity index (χ1v) is 19.4. The minimum absolute atomic E-state index is 0.864. The fourth-order valence-corrected chi connectivity index (χ4v) is 8.54. The molecule has 0 aliphatic heterocycles. The van der Waals surface area contributed by atoms with E-state index in [1.54, 1.807) is 0 Å². The van der Waals surface area contributed by atoms with Gasteiger partial charge in [0.1, 0.15) is 5.58 Å². The number of furan rings is 1. The summed E-state index contributed by atoms with van der Waals surface area (Å²) in [7, 11) is 0. The Morgan fingerprint density at radius 3 is 1.60 bits per heavy atom. The van der Waals surface area contributed by atoms with Crippen LogP contribution in [0.15, 0.2) is 223 Å². The summed E-state index contributed by atoms with van der Waals surface area (Å²) < 4.78 is 9.05. The van der Waals surface area contributed by atoms with Gasteiger partial charge in [-0.1, -0.05) is 152 Å². The van der Waals surface area contributed by atoms with Crippen molar-refractivity contribution in [3.63, 3.8) is 0 Å². The third-order valence-corrected chi connectivity index (χ3v) is 11.2. The first-order chi connectivity index (χ1) is 28.3. The van der Waals surface area contributed by atoms with Gasteiger partial charge in [-0.05, 0) is 94.5 Å². The Bertz CT molecular complexity index is 3140. The van der Waals surface area contributed by atoms with Crippen LogP contribution in [0, 0.1) is 0 Å². The van der Waals surface area contributed by atoms with Gasteiger partial charge in [-0.2, -0.15) is 0 Å². The van der Waals surface area contributed by atoms with Crippen LogP contribution >= 0.6 is 0 Å². The summed E-state index contributed by atoms with van der Waals surface area (Å²) in [5, 5.41) is 4.66. The summed E-state index contributed by atoms with van der Waals surface area (Å²) in [6.07, 6.45) is 0. The number of benzene rings is 9. The second kappa shape index (κ2) is 13.6. The van der Waals surface area contributed by atoms with E-state index in [0.717, 1.165) is 55.8 Å². The molecule has 3 nitrogen and oxygen atoms in total. The van der Waals surface area contributed by atoms with Crippen molar-refractivity contribution < 1.29 is 4.42 Å². The van der Waals surface area contributed by atoms with Crippen molar-refractivity contribution in [2.24, 2.45) is 0 Å². The van der Waals surface area contributed by atoms with Crippen molar-refractivity contribution in [1.82, 2.24) is 4.57 Å². The minimum Gasteiger partial charge on any atom is -0.454 e. The number of para-hydroxylation sites is 4. The lowest BCUT2D eigenvalue weighted by atomic mass is 10.0. The third kappa shape index (κ3) is 5.60. The van der Waals surface area contributed by atoms with Gasteiger partial charge in [0.25, 0.3) is 0 Å². The van der Waals surface area contributed by atoms with E-state index in [1.807, 2.05) is 12.1 Å². The highest BCUT2D eigenvalue weighted by Crippen LogP contribution is 2.44. The van der Waals surface area contributed by atoms with Gasteiger partial charge >= 0.3 is 0 Å². The molecule has 0 aliphatic rings. The summed E-state index contributed by atoms with van der Waals surface area (Å²) in [5.41, 5.74) is 15.4. The van der Waals surface area contributed by atoms with Gasteiger partial charge in [0.2, 0.25) is 0 Å². The summed E-state index contributed by atoms with van der Waals surface area (Å²) >= 11 is 0. The molecule has 2 aromatic heterocycles. The van der Waals surface area contributed by atoms with Crippen LogP contribution in [-0.4, -0.2) is 4.57 Å². The SMILES string of the molecule is c1ccc(-c2ccc3c(c2)c2cc(-c4ccccc4)ccc2n3-c2ccccc2-c2cccc(N(c3ccccc3)c3cccc4c3oc3ccccc34)c2)cc1. The molecular formula is C54H36N2O. The molecule has 268 valence electrons. The highest BCUT2D eigenvalue weighted by molar-refractivity contribution is 6.13. The summed E-state index contributed by atoms with van der Waals surface area (Å²) in [5.74, 6) is 0. The number of hydrogen-bond acceptors (Lipinski definition) is 2. The number of hydrogen-bond donors (Lipinski definition) is 0. The lowest BCUT2D eigenvalue weighted by Crippen LogP contribution is -2.10. The molecule has 0 atom stereocenters. The molecular weight excluding hydrogens is 693 g/mol. The molecule has 2 heterocycles. The Kier molecular flexibility index (Phi) is 7.82. The van der Waals surface area contributed by atoms with Gasteiger partial charge in [-0.3, -0.25) is 0 Å². The molecule has 0 unspecified atom stereocenters. The largest absolute Gasteiger partial charge is 0.454 e. The zero-order valence-electron chi connectivity index (χ0n) is 31.1. The molecule has 0 radical (unpaired) electrons. The second-order valence-corrected chi connectivity index (χ2v) is 14.5. The van der Waals surface area contributed by atoms with Gasteiger partial charge in [0, 0.05) is 38.5 Å². The van der Waals surface area contributed by atoms with Crippen LogP contribution < -0.4 is 4.90 Å². The van der Waals surface area contributed by atoms with E-state index in [9.17, 15) is 0 Å². The van der Waals surface area contributed by atoms with Crippen molar-refractivity contribution in [1.29, 1.82) is 0 Å². The molecule has 0 saturated carbocycles. The van der Waals surface area contributed by atoms with Gasteiger partial charge in [0.05, 0.1) is 22.4 Å². The zero-order chi connectivity index (χ0) is 37.7. The molecule has 0 bridgehead atoms. The Hall–Kier alpha value is -7.62. The molecule has 0 N–H and O–H groups in total. The topological polar surface area (TPSA) is 21.3 Å². The highest BCUT2D eigenvalue weighted by Gasteiger charge is 2.21. The van der Waals surface area contributed by atoms with Crippen LogP contribution in [0.3, 0.4) is 0 Å². The summed E-state index contributed by atoms with van der Waals surface area (Å²) in [4.78, 5) is 2.31. The van der Waals surface area contributed by atoms with Crippen LogP contribution in [0.25, 0.3) is 82.8 Å². The van der Waals surface area contributed by atoms with Crippen LogP contribution in [0.1, 0.15) is 0 Å². The maximum absolute atomic E-state index is 6.60. The molecule has 0 amide bonds. The lowest BCUT2D eigenvalue weighted by molar-refractivity contribution is 0.669. The number of nitrogens with zero attached hydrogens (tertiary/aromatic N) is 2. The smallest absolute Gasteiger partial charge is 0.159 e. The number of fused-ring (bicyclic) bond motifs is 6. The van der Waals surface area contributed by atoms with Crippen LogP contribution in [0.4, 0.5) is 17.1 Å². The highest BCUT2D eigenvalue weighted by atomic mass is 16.3. The molecule has 0 spiro atoms. The lowest BCUT2D eigenvalue weighted by Gasteiger charge is -2.26. The fourth-order valence-electron chi connectivity index (χ4n) is 8.54. The molecule has 11 aromatic rings. The van der Waals surface area contributed by atoms with E-state index in [-0.39, 0.29) is 0 Å². The average Bonchev–Trinajstić information content (AvgIpc) is 3.83. The van der Waals surface area contributed by atoms with Crippen molar-refractivity contribution in [2.75, 3.05) is 4.90 Å². The fraction of sp³-hybridized carbons (Fsp3) is 0. The monoisotopic (exact) mass is 728 g/mol. The van der Waals surface area contributed by atoms with E-state index in [0.29, 0.717) is 0 Å². The van der Waals surface area contributed by atoms with Crippen molar-refractivity contribution in [3.8, 4) is 39.1 Å². The van der Waals surface area contributed by atoms with Gasteiger partial charge in [0.15, 0.2) is 5.58 Å². The Labute approximate surface area is 330 Å². The maximum atomic E-state index is 6.60. The van der Waals surface area contributed by atoms with Gasteiger partial charge < -0.3 is 13.9 Å². The van der Waals surface area contributed by atoms with Crippen LogP contribution in [-0.2, 0) is 0 Å². The van der Waals surface area contributed by atoms with Gasteiger partial charge in [-0.15, -0.1) is 0 Å². The normalized spacial score (nSPS) is 11.5. The standard InChI is InChI=1S/C54H36N2O/c1-4-16-37(17-5-1)39-30-32-50-47(35-39)48-36-40(38-18-6-2-7-19-38)31-33-51(48)56(50)49-27-12-10-24-44(49)41-20-14-23-43(34-41)55(42-21-8-3-9-22-42)52-28-15-26-46-45-25-11-13-29-53(45)57-54(46)52/h1-36H. The van der Waals surface area contributed by atoms with Crippen molar-refractivity contribution >= 4 is 60.8 Å². The van der Waals surface area contributed by atoms with Crippen LogP contribution in [0.2, 0.25) is 0 Å². The quantitative estimate of drug-likeness (QED) is 0.163. The zero-order valence-corrected chi connectivity index (χ0v) is 31.1. The maximum Gasteiger partial charge on any atom is 0.159 e. The first-order valence-electron chi connectivity index (χ1n) is 19.4. The minimum atomic E-state index is 0.864. The third-order valence-electron chi connectivity index (χ3n) is 11.2. The molecule has 11 rings (SSSR count). The van der Waals surface area contributed by atoms with E-state index < -0.39 is 0 Å². The van der Waals surface area contributed by atoms with E-state index >= 15 is 0 Å². The van der Waals surface area contributed by atoms with E-state index in [1.165, 1.54) is 44.1 Å². The Balaban J connectivity index is 1.11. The van der Waals surface area contributed by atoms with Crippen molar-refractivity contribution in [2.45, 2.75) is 0 Å². The molecule has 9 aromatic carbocycles. The summed E-state index contributed by atoms with van der Waals surface area (Å²) in [6.45, 7) is 0. The Morgan fingerprint density at radius 1 is 0.351 bits per heavy atom. The first kappa shape index (κ1) is 32.8. The van der Waals surface area contributed by atoms with E-state index in [4.69, 9.17) is 4.42 Å². The molecule has 57 heavy (non-hydrogen) atoms. The molecule has 3 heteroatoms. The predicted octanol–water partition coefficient (Wildman–Crippen LogP) is 15.2. The number of rotatable bonds is 7. The number of anilines is 3. The van der Waals surface area contributed by atoms with Gasteiger partial charge in [-0.25, -0.2) is 0 Å². The summed E-state index contributed by atoms with van der Waals surface area (Å²) in [6, 6.07) is 78.1. The molecule has 0 saturated heterocycles. The number of aromatic nitrogens is 1. The molecule has 0 aliphatic carbocycles. The molecule has 0 fully saturated rings. The second-order valence-electron chi connectivity index (χ2n) is 14.5. The van der Waals surface area contributed by atoms with Crippen molar-refractivity contribution in [3.05, 3.63) is 218 Å². The Morgan fingerprint density at radius 2 is 0.895 bits per heavy atom. The van der Waals surface area contributed by atoms with E-state index in [2.05, 4.69) is 216 Å². The predicted molar refractivity (Wildman–Crippen MR) is 239 cm³/mol. The van der Waals surface area contributed by atoms with Crippen LogP contribution in [0.5, 0.6) is 0 Å².